The zero-order chi connectivity index (χ0) is 16.5. The minimum absolute atomic E-state index is 0.0661. The van der Waals surface area contributed by atoms with Crippen LogP contribution in [-0.2, 0) is 13.5 Å². The summed E-state index contributed by atoms with van der Waals surface area (Å²) < 4.78 is 2.45. The molecule has 0 bridgehead atoms. The molecule has 1 aromatic carbocycles. The Morgan fingerprint density at radius 1 is 1.17 bits per heavy atom. The van der Waals surface area contributed by atoms with Gasteiger partial charge in [-0.3, -0.25) is 9.36 Å². The molecule has 124 valence electrons. The van der Waals surface area contributed by atoms with E-state index in [9.17, 15) is 4.79 Å². The second kappa shape index (κ2) is 6.40. The van der Waals surface area contributed by atoms with Gasteiger partial charge in [0.1, 0.15) is 4.70 Å². The topological polar surface area (TPSA) is 38.1 Å². The normalized spacial score (nSPS) is 16.0. The van der Waals surface area contributed by atoms with Crippen LogP contribution in [0.3, 0.4) is 0 Å². The van der Waals surface area contributed by atoms with Gasteiger partial charge in [0.15, 0.2) is 0 Å². The first-order valence-corrected chi connectivity index (χ1v) is 9.33. The van der Waals surface area contributed by atoms with E-state index < -0.39 is 0 Å². The van der Waals surface area contributed by atoms with Gasteiger partial charge >= 0.3 is 0 Å². The van der Waals surface area contributed by atoms with Crippen molar-refractivity contribution in [3.05, 3.63) is 57.7 Å². The second-order valence-electron chi connectivity index (χ2n) is 6.53. The summed E-state index contributed by atoms with van der Waals surface area (Å²) in [6.07, 6.45) is 3.43. The fraction of sp³-hybridized carbons (Fsp3) is 0.368. The van der Waals surface area contributed by atoms with Crippen molar-refractivity contribution in [2.45, 2.75) is 19.3 Å². The van der Waals surface area contributed by atoms with Gasteiger partial charge in [0.2, 0.25) is 5.95 Å². The van der Waals surface area contributed by atoms with Crippen LogP contribution in [0, 0.1) is 5.92 Å². The Hall–Kier alpha value is -2.14. The summed E-state index contributed by atoms with van der Waals surface area (Å²) in [4.78, 5) is 19.5. The van der Waals surface area contributed by atoms with E-state index in [1.165, 1.54) is 16.9 Å². The number of nitrogens with zero attached hydrogens (tertiary/aromatic N) is 3. The first-order chi connectivity index (χ1) is 11.7. The van der Waals surface area contributed by atoms with Crippen molar-refractivity contribution in [2.24, 2.45) is 13.0 Å². The second-order valence-corrected chi connectivity index (χ2v) is 7.45. The molecule has 0 amide bonds. The molecule has 0 unspecified atom stereocenters. The van der Waals surface area contributed by atoms with Gasteiger partial charge in [-0.25, -0.2) is 4.98 Å². The summed E-state index contributed by atoms with van der Waals surface area (Å²) in [5.41, 5.74) is 2.31. The Balaban J connectivity index is 1.50. The number of thiophene rings is 1. The summed E-state index contributed by atoms with van der Waals surface area (Å²) in [6, 6.07) is 12.6. The summed E-state index contributed by atoms with van der Waals surface area (Å²) in [7, 11) is 1.83. The molecule has 0 radical (unpaired) electrons. The van der Waals surface area contributed by atoms with E-state index in [-0.39, 0.29) is 5.56 Å². The van der Waals surface area contributed by atoms with Gasteiger partial charge in [-0.2, -0.15) is 0 Å². The molecule has 1 fully saturated rings. The van der Waals surface area contributed by atoms with Crippen LogP contribution in [0.1, 0.15) is 18.4 Å². The van der Waals surface area contributed by atoms with Crippen molar-refractivity contribution in [1.82, 2.24) is 9.55 Å². The van der Waals surface area contributed by atoms with Crippen LogP contribution in [0.5, 0.6) is 0 Å². The number of hydrogen-bond donors (Lipinski definition) is 0. The maximum absolute atomic E-state index is 12.5. The lowest BCUT2D eigenvalue weighted by Crippen LogP contribution is -2.38. The molecule has 3 aromatic rings. The van der Waals surface area contributed by atoms with Crippen LogP contribution in [0.4, 0.5) is 5.95 Å². The van der Waals surface area contributed by atoms with Gasteiger partial charge in [-0.1, -0.05) is 30.3 Å². The molecule has 0 saturated carbocycles. The predicted octanol–water partition coefficient (Wildman–Crippen LogP) is 3.45. The summed E-state index contributed by atoms with van der Waals surface area (Å²) in [5.74, 6) is 1.52. The van der Waals surface area contributed by atoms with Crippen LogP contribution < -0.4 is 10.5 Å². The molecule has 2 aromatic heterocycles. The van der Waals surface area contributed by atoms with Gasteiger partial charge in [-0.05, 0) is 42.2 Å². The Morgan fingerprint density at radius 2 is 1.92 bits per heavy atom. The van der Waals surface area contributed by atoms with Crippen molar-refractivity contribution in [3.63, 3.8) is 0 Å². The van der Waals surface area contributed by atoms with E-state index in [1.807, 2.05) is 18.5 Å². The van der Waals surface area contributed by atoms with Crippen molar-refractivity contribution in [1.29, 1.82) is 0 Å². The standard InChI is InChI=1S/C19H21N3OS/c1-21-18(23)17-16(9-12-24-17)20-19(21)22-10-7-15(8-11-22)13-14-5-3-2-4-6-14/h2-6,9,12,15H,7-8,10-11,13H2,1H3. The van der Waals surface area contributed by atoms with Crippen LogP contribution in [0.15, 0.2) is 46.6 Å². The molecule has 1 aliphatic rings. The minimum atomic E-state index is 0.0661. The fourth-order valence-electron chi connectivity index (χ4n) is 3.54. The quantitative estimate of drug-likeness (QED) is 0.733. The lowest BCUT2D eigenvalue weighted by Gasteiger charge is -2.33. The highest BCUT2D eigenvalue weighted by Gasteiger charge is 2.23. The van der Waals surface area contributed by atoms with Crippen LogP contribution >= 0.6 is 11.3 Å². The molecule has 24 heavy (non-hydrogen) atoms. The molecule has 3 heterocycles. The van der Waals surface area contributed by atoms with E-state index >= 15 is 0 Å². The number of rotatable bonds is 3. The van der Waals surface area contributed by atoms with Gasteiger partial charge in [0, 0.05) is 20.1 Å². The van der Waals surface area contributed by atoms with Gasteiger partial charge in [-0.15, -0.1) is 11.3 Å². The Kier molecular flexibility index (Phi) is 4.10. The maximum Gasteiger partial charge on any atom is 0.272 e. The minimum Gasteiger partial charge on any atom is -0.342 e. The predicted molar refractivity (Wildman–Crippen MR) is 99.9 cm³/mol. The molecule has 4 nitrogen and oxygen atoms in total. The van der Waals surface area contributed by atoms with Crippen LogP contribution in [0.25, 0.3) is 10.2 Å². The lowest BCUT2D eigenvalue weighted by atomic mass is 9.90. The number of benzene rings is 1. The number of piperidine rings is 1. The Morgan fingerprint density at radius 3 is 2.67 bits per heavy atom. The molecular formula is C19H21N3OS. The van der Waals surface area contributed by atoms with Crippen molar-refractivity contribution < 1.29 is 0 Å². The molecule has 0 aliphatic carbocycles. The molecular weight excluding hydrogens is 318 g/mol. The van der Waals surface area contributed by atoms with Crippen molar-refractivity contribution >= 4 is 27.5 Å². The SMILES string of the molecule is Cn1c(N2CCC(Cc3ccccc3)CC2)nc2ccsc2c1=O. The molecule has 4 rings (SSSR count). The smallest absolute Gasteiger partial charge is 0.272 e. The number of hydrogen-bond acceptors (Lipinski definition) is 4. The molecule has 1 saturated heterocycles. The third kappa shape index (κ3) is 2.84. The number of fused-ring (bicyclic) bond motifs is 1. The molecule has 1 aliphatic heterocycles. The van der Waals surface area contributed by atoms with E-state index in [1.54, 1.807) is 4.57 Å². The average molecular weight is 339 g/mol. The van der Waals surface area contributed by atoms with E-state index in [0.717, 1.165) is 48.5 Å². The van der Waals surface area contributed by atoms with Crippen LogP contribution in [-0.4, -0.2) is 22.6 Å². The average Bonchev–Trinajstić information content (AvgIpc) is 3.09. The third-order valence-electron chi connectivity index (χ3n) is 4.93. The highest BCUT2D eigenvalue weighted by atomic mass is 32.1. The van der Waals surface area contributed by atoms with E-state index in [0.29, 0.717) is 5.92 Å². The summed E-state index contributed by atoms with van der Waals surface area (Å²) >= 11 is 1.47. The van der Waals surface area contributed by atoms with E-state index in [4.69, 9.17) is 4.98 Å². The number of aromatic nitrogens is 2. The highest BCUT2D eigenvalue weighted by molar-refractivity contribution is 7.17. The maximum atomic E-state index is 12.5. The summed E-state index contributed by atoms with van der Waals surface area (Å²) in [5, 5.41) is 1.94. The summed E-state index contributed by atoms with van der Waals surface area (Å²) in [6.45, 7) is 1.93. The first kappa shape index (κ1) is 15.4. The molecule has 0 spiro atoms. The zero-order valence-electron chi connectivity index (χ0n) is 13.8. The number of anilines is 1. The molecule has 0 N–H and O–H groups in total. The van der Waals surface area contributed by atoms with Crippen LogP contribution in [0.2, 0.25) is 0 Å². The van der Waals surface area contributed by atoms with Crippen molar-refractivity contribution in [2.75, 3.05) is 18.0 Å². The fourth-order valence-corrected chi connectivity index (χ4v) is 4.35. The van der Waals surface area contributed by atoms with Gasteiger partial charge < -0.3 is 4.90 Å². The van der Waals surface area contributed by atoms with Crippen molar-refractivity contribution in [3.8, 4) is 0 Å². The Labute approximate surface area is 145 Å². The largest absolute Gasteiger partial charge is 0.342 e. The van der Waals surface area contributed by atoms with Gasteiger partial charge in [0.25, 0.3) is 5.56 Å². The Bertz CT molecular complexity index is 892. The molecule has 5 heteroatoms. The van der Waals surface area contributed by atoms with E-state index in [2.05, 4.69) is 35.2 Å². The zero-order valence-corrected chi connectivity index (χ0v) is 14.6. The first-order valence-electron chi connectivity index (χ1n) is 8.45. The lowest BCUT2D eigenvalue weighted by molar-refractivity contribution is 0.398. The third-order valence-corrected chi connectivity index (χ3v) is 5.82. The highest BCUT2D eigenvalue weighted by Crippen LogP contribution is 2.25. The monoisotopic (exact) mass is 339 g/mol. The molecule has 0 atom stereocenters. The van der Waals surface area contributed by atoms with Gasteiger partial charge in [0.05, 0.1) is 5.52 Å².